The van der Waals surface area contributed by atoms with Gasteiger partial charge in [0, 0.05) is 29.7 Å². The summed E-state index contributed by atoms with van der Waals surface area (Å²) in [6.45, 7) is 0.224. The first-order valence-electron chi connectivity index (χ1n) is 8.20. The normalized spacial score (nSPS) is 17.3. The Labute approximate surface area is 154 Å². The molecule has 2 aromatic carbocycles. The molecular weight excluding hydrogens is 348 g/mol. The zero-order valence-electron chi connectivity index (χ0n) is 14.1. The van der Waals surface area contributed by atoms with Crippen LogP contribution in [0.3, 0.4) is 0 Å². The number of Topliss-reactive ketones (excluding diaryl/α,β-unsaturated/α-hetero) is 1. The Balaban J connectivity index is 1.69. The van der Waals surface area contributed by atoms with Crippen molar-refractivity contribution >= 4 is 39.6 Å². The Bertz CT molecular complexity index is 1030. The number of likely N-dealkylation sites (N-methyl/N-ethyl adjacent to an activating group) is 1. The predicted molar refractivity (Wildman–Crippen MR) is 101 cm³/mol. The number of ketones is 1. The lowest BCUT2D eigenvalue weighted by molar-refractivity contribution is -0.125. The molecule has 0 N–H and O–H groups in total. The van der Waals surface area contributed by atoms with Gasteiger partial charge in [-0.05, 0) is 29.5 Å². The molecule has 26 heavy (non-hydrogen) atoms. The summed E-state index contributed by atoms with van der Waals surface area (Å²) >= 11 is 1.03. The van der Waals surface area contributed by atoms with Crippen LogP contribution in [0.1, 0.15) is 21.2 Å². The van der Waals surface area contributed by atoms with Gasteiger partial charge in [0.05, 0.1) is 6.54 Å². The van der Waals surface area contributed by atoms with Crippen molar-refractivity contribution in [2.75, 3.05) is 7.05 Å². The van der Waals surface area contributed by atoms with Crippen LogP contribution in [0.15, 0.2) is 60.8 Å². The average Bonchev–Trinajstić information content (AvgIpc) is 3.19. The summed E-state index contributed by atoms with van der Waals surface area (Å²) in [6.07, 6.45) is 1.85. The average molecular weight is 364 g/mol. The van der Waals surface area contributed by atoms with E-state index in [1.165, 1.54) is 7.05 Å². The molecule has 0 bridgehead atoms. The number of aromatic nitrogens is 1. The third-order valence-electron chi connectivity index (χ3n) is 4.59. The molecule has 0 saturated carbocycles. The molecule has 3 aromatic rings. The Morgan fingerprint density at radius 1 is 1.04 bits per heavy atom. The maximum atomic E-state index is 12.5. The molecule has 5 nitrogen and oxygen atoms in total. The van der Waals surface area contributed by atoms with Gasteiger partial charge in [0.2, 0.25) is 5.91 Å². The fourth-order valence-electron chi connectivity index (χ4n) is 3.18. The van der Waals surface area contributed by atoms with Crippen LogP contribution < -0.4 is 0 Å². The molecule has 1 unspecified atom stereocenters. The van der Waals surface area contributed by atoms with E-state index in [2.05, 4.69) is 0 Å². The lowest BCUT2D eigenvalue weighted by atomic mass is 10.1. The minimum absolute atomic E-state index is 0.0229. The van der Waals surface area contributed by atoms with Crippen molar-refractivity contribution in [2.45, 2.75) is 11.8 Å². The monoisotopic (exact) mass is 364 g/mol. The molecule has 6 heteroatoms. The van der Waals surface area contributed by atoms with Crippen molar-refractivity contribution in [3.8, 4) is 0 Å². The highest BCUT2D eigenvalue weighted by molar-refractivity contribution is 8.15. The third kappa shape index (κ3) is 2.72. The highest BCUT2D eigenvalue weighted by Crippen LogP contribution is 2.41. The Hall–Kier alpha value is -2.86. The Morgan fingerprint density at radius 2 is 1.81 bits per heavy atom. The summed E-state index contributed by atoms with van der Waals surface area (Å²) in [5.74, 6) is -0.185. The maximum Gasteiger partial charge on any atom is 0.289 e. The number of carbonyl (C=O) groups is 3. The molecule has 0 radical (unpaired) electrons. The Kier molecular flexibility index (Phi) is 4.12. The van der Waals surface area contributed by atoms with Crippen LogP contribution in [0.2, 0.25) is 0 Å². The van der Waals surface area contributed by atoms with Gasteiger partial charge in [-0.2, -0.15) is 0 Å². The van der Waals surface area contributed by atoms with Crippen LogP contribution in [0.4, 0.5) is 4.79 Å². The number of nitrogens with zero attached hydrogens (tertiary/aromatic N) is 2. The summed E-state index contributed by atoms with van der Waals surface area (Å²) in [5.41, 5.74) is 2.35. The number of rotatable bonds is 4. The van der Waals surface area contributed by atoms with Gasteiger partial charge < -0.3 is 4.57 Å². The summed E-state index contributed by atoms with van der Waals surface area (Å²) in [6, 6.07) is 16.7. The zero-order chi connectivity index (χ0) is 18.3. The van der Waals surface area contributed by atoms with Gasteiger partial charge in [0.15, 0.2) is 5.78 Å². The van der Waals surface area contributed by atoms with Crippen LogP contribution >= 0.6 is 11.8 Å². The molecule has 1 aromatic heterocycles. The number of hydrogen-bond donors (Lipinski definition) is 0. The lowest BCUT2D eigenvalue weighted by Gasteiger charge is -2.10. The van der Waals surface area contributed by atoms with E-state index in [4.69, 9.17) is 0 Å². The van der Waals surface area contributed by atoms with Gasteiger partial charge in [-0.15, -0.1) is 0 Å². The quantitative estimate of drug-likeness (QED) is 0.659. The summed E-state index contributed by atoms with van der Waals surface area (Å²) < 4.78 is 1.88. The molecular formula is C20H16N2O3S. The van der Waals surface area contributed by atoms with Gasteiger partial charge >= 0.3 is 0 Å². The van der Waals surface area contributed by atoms with E-state index >= 15 is 0 Å². The van der Waals surface area contributed by atoms with Crippen molar-refractivity contribution in [3.05, 3.63) is 71.9 Å². The molecule has 2 amide bonds. The number of carbonyl (C=O) groups excluding carboxylic acids is 3. The topological polar surface area (TPSA) is 59.4 Å². The number of hydrogen-bond acceptors (Lipinski definition) is 4. The Morgan fingerprint density at radius 3 is 2.50 bits per heavy atom. The van der Waals surface area contributed by atoms with Gasteiger partial charge in [-0.1, -0.05) is 42.5 Å². The standard InChI is InChI=1S/C20H16N2O3S/c1-21-19(24)18(26-20(21)25)15-8-5-9-16-14(15)10-11-22(16)12-17(23)13-6-3-2-4-7-13/h2-11,18H,12H2,1H3. The van der Waals surface area contributed by atoms with Gasteiger partial charge in [-0.3, -0.25) is 19.3 Å². The third-order valence-corrected chi connectivity index (χ3v) is 5.75. The molecule has 0 aliphatic carbocycles. The fourth-order valence-corrected chi connectivity index (χ4v) is 4.22. The molecule has 2 heterocycles. The smallest absolute Gasteiger partial charge is 0.289 e. The van der Waals surface area contributed by atoms with E-state index in [0.29, 0.717) is 5.56 Å². The van der Waals surface area contributed by atoms with Crippen LogP contribution in [0.25, 0.3) is 10.9 Å². The number of fused-ring (bicyclic) bond motifs is 1. The first kappa shape index (κ1) is 16.6. The van der Waals surface area contributed by atoms with Crippen molar-refractivity contribution in [1.29, 1.82) is 0 Å². The van der Waals surface area contributed by atoms with Crippen molar-refractivity contribution in [1.82, 2.24) is 9.47 Å². The molecule has 1 aliphatic heterocycles. The van der Waals surface area contributed by atoms with Crippen LogP contribution in [-0.2, 0) is 11.3 Å². The van der Waals surface area contributed by atoms with E-state index in [-0.39, 0.29) is 23.5 Å². The van der Waals surface area contributed by atoms with Gasteiger partial charge in [0.25, 0.3) is 5.24 Å². The van der Waals surface area contributed by atoms with Crippen LogP contribution in [0, 0.1) is 0 Å². The van der Waals surface area contributed by atoms with Crippen molar-refractivity contribution < 1.29 is 14.4 Å². The second-order valence-electron chi connectivity index (χ2n) is 6.17. The van der Waals surface area contributed by atoms with E-state index in [9.17, 15) is 14.4 Å². The maximum absolute atomic E-state index is 12.5. The largest absolute Gasteiger partial charge is 0.340 e. The van der Waals surface area contributed by atoms with Crippen molar-refractivity contribution in [2.24, 2.45) is 0 Å². The molecule has 0 spiro atoms. The summed E-state index contributed by atoms with van der Waals surface area (Å²) in [4.78, 5) is 37.8. The SMILES string of the molecule is CN1C(=O)SC(c2cccc3c2ccn3CC(=O)c2ccccc2)C1=O. The minimum Gasteiger partial charge on any atom is -0.340 e. The fraction of sp³-hybridized carbons (Fsp3) is 0.150. The predicted octanol–water partition coefficient (Wildman–Crippen LogP) is 3.89. The molecule has 130 valence electrons. The number of benzene rings is 2. The molecule has 1 saturated heterocycles. The number of imide groups is 1. The van der Waals surface area contributed by atoms with Crippen molar-refractivity contribution in [3.63, 3.8) is 0 Å². The molecule has 1 fully saturated rings. The first-order valence-corrected chi connectivity index (χ1v) is 9.08. The first-order chi connectivity index (χ1) is 12.6. The van der Waals surface area contributed by atoms with E-state index in [1.54, 1.807) is 12.1 Å². The number of amides is 2. The van der Waals surface area contributed by atoms with Gasteiger partial charge in [-0.25, -0.2) is 0 Å². The molecule has 1 aliphatic rings. The van der Waals surface area contributed by atoms with Crippen LogP contribution in [0.5, 0.6) is 0 Å². The highest BCUT2D eigenvalue weighted by Gasteiger charge is 2.39. The number of thioether (sulfide) groups is 1. The van der Waals surface area contributed by atoms with E-state index in [0.717, 1.165) is 33.1 Å². The van der Waals surface area contributed by atoms with E-state index < -0.39 is 5.25 Å². The highest BCUT2D eigenvalue weighted by atomic mass is 32.2. The van der Waals surface area contributed by atoms with Crippen LogP contribution in [-0.4, -0.2) is 33.4 Å². The molecule has 1 atom stereocenters. The zero-order valence-corrected chi connectivity index (χ0v) is 14.9. The summed E-state index contributed by atoms with van der Waals surface area (Å²) in [7, 11) is 1.50. The minimum atomic E-state index is -0.531. The lowest BCUT2D eigenvalue weighted by Crippen LogP contribution is -2.24. The van der Waals surface area contributed by atoms with E-state index in [1.807, 2.05) is 53.2 Å². The van der Waals surface area contributed by atoms with Gasteiger partial charge in [0.1, 0.15) is 5.25 Å². The summed E-state index contributed by atoms with van der Waals surface area (Å²) in [5, 5.41) is 0.120. The second kappa shape index (κ2) is 6.46. The molecule has 4 rings (SSSR count). The second-order valence-corrected chi connectivity index (χ2v) is 7.23.